The molecule has 0 fully saturated rings. The van der Waals surface area contributed by atoms with Crippen LogP contribution in [0.2, 0.25) is 0 Å². The number of benzene rings is 3. The predicted molar refractivity (Wildman–Crippen MR) is 181 cm³/mol. The second kappa shape index (κ2) is 14.2. The maximum absolute atomic E-state index is 12.9. The molecule has 1 aliphatic heterocycles. The molecule has 0 spiro atoms. The Bertz CT molecular complexity index is 1680. The minimum atomic E-state index is -1.91. The third-order valence-electron chi connectivity index (χ3n) is 7.26. The molecule has 2 amide bonds. The zero-order valence-corrected chi connectivity index (χ0v) is 28.3. The van der Waals surface area contributed by atoms with E-state index in [1.54, 1.807) is 77.9 Å². The van der Waals surface area contributed by atoms with Gasteiger partial charge in [-0.1, -0.05) is 24.3 Å². The number of ether oxygens (including phenoxy) is 3. The number of rotatable bonds is 10. The van der Waals surface area contributed by atoms with Gasteiger partial charge in [0, 0.05) is 45.8 Å². The van der Waals surface area contributed by atoms with Crippen molar-refractivity contribution >= 4 is 41.4 Å². The van der Waals surface area contributed by atoms with Crippen LogP contribution < -0.4 is 26.8 Å². The lowest BCUT2D eigenvalue weighted by molar-refractivity contribution is -0.156. The third kappa shape index (κ3) is 8.87. The van der Waals surface area contributed by atoms with E-state index in [2.05, 4.69) is 10.6 Å². The summed E-state index contributed by atoms with van der Waals surface area (Å²) in [7, 11) is 0. The SMILES string of the molecule is CC(C)(C)OC(=O)C[C@H](N)C(=O)Nc1ccc2c(c1)Oc1cc(NC(=O)[C@@H](N)CC(=O)OC(C)(C)C)ccc1C2(O)c1ccccc1C=O. The van der Waals surface area contributed by atoms with E-state index in [1.165, 1.54) is 24.3 Å². The monoisotopic (exact) mass is 674 g/mol. The van der Waals surface area contributed by atoms with E-state index in [0.717, 1.165) is 0 Å². The van der Waals surface area contributed by atoms with Gasteiger partial charge in [-0.15, -0.1) is 0 Å². The summed E-state index contributed by atoms with van der Waals surface area (Å²) in [4.78, 5) is 62.3. The molecule has 0 unspecified atom stereocenters. The van der Waals surface area contributed by atoms with Crippen molar-refractivity contribution in [2.45, 2.75) is 83.3 Å². The van der Waals surface area contributed by atoms with Crippen LogP contribution in [0.3, 0.4) is 0 Å². The van der Waals surface area contributed by atoms with Crippen molar-refractivity contribution in [3.63, 3.8) is 0 Å². The molecule has 3 aromatic carbocycles. The molecule has 3 aromatic rings. The fraction of sp³-hybridized carbons (Fsp3) is 0.361. The van der Waals surface area contributed by atoms with Crippen molar-refractivity contribution in [3.8, 4) is 11.5 Å². The van der Waals surface area contributed by atoms with Crippen molar-refractivity contribution in [3.05, 3.63) is 82.9 Å². The van der Waals surface area contributed by atoms with Crippen LogP contribution in [0.4, 0.5) is 11.4 Å². The molecule has 4 rings (SSSR count). The number of fused-ring (bicyclic) bond motifs is 2. The van der Waals surface area contributed by atoms with Crippen LogP contribution in [-0.2, 0) is 34.3 Å². The average Bonchev–Trinajstić information content (AvgIpc) is 2.98. The van der Waals surface area contributed by atoms with Gasteiger partial charge < -0.3 is 41.4 Å². The molecule has 49 heavy (non-hydrogen) atoms. The van der Waals surface area contributed by atoms with Crippen molar-refractivity contribution in [1.29, 1.82) is 0 Å². The molecular weight excluding hydrogens is 632 g/mol. The van der Waals surface area contributed by atoms with Gasteiger partial charge in [0.2, 0.25) is 11.8 Å². The van der Waals surface area contributed by atoms with E-state index < -0.39 is 52.6 Å². The Morgan fingerprint density at radius 3 is 1.59 bits per heavy atom. The summed E-state index contributed by atoms with van der Waals surface area (Å²) in [6.07, 6.45) is -0.0738. The van der Waals surface area contributed by atoms with E-state index in [-0.39, 0.29) is 58.0 Å². The van der Waals surface area contributed by atoms with Crippen LogP contribution >= 0.6 is 0 Å². The Kier molecular flexibility index (Phi) is 10.6. The van der Waals surface area contributed by atoms with Gasteiger partial charge in [-0.3, -0.25) is 24.0 Å². The second-order valence-corrected chi connectivity index (χ2v) is 13.7. The summed E-state index contributed by atoms with van der Waals surface area (Å²) in [5.74, 6) is -2.33. The van der Waals surface area contributed by atoms with Gasteiger partial charge >= 0.3 is 11.9 Å². The highest BCUT2D eigenvalue weighted by Crippen LogP contribution is 2.52. The maximum atomic E-state index is 12.9. The Labute approximate surface area is 284 Å². The number of nitrogens with one attached hydrogen (secondary N) is 2. The summed E-state index contributed by atoms with van der Waals surface area (Å²) in [6, 6.07) is 13.2. The summed E-state index contributed by atoms with van der Waals surface area (Å²) < 4.78 is 16.7. The molecule has 0 aliphatic carbocycles. The van der Waals surface area contributed by atoms with Crippen LogP contribution in [0.1, 0.15) is 81.4 Å². The van der Waals surface area contributed by atoms with Gasteiger partial charge in [0.05, 0.1) is 24.9 Å². The molecule has 7 N–H and O–H groups in total. The number of aliphatic hydroxyl groups is 1. The molecule has 13 heteroatoms. The van der Waals surface area contributed by atoms with E-state index in [1.807, 2.05) is 0 Å². The first kappa shape index (κ1) is 36.7. The number of amides is 2. The minimum absolute atomic E-state index is 0.124. The highest BCUT2D eigenvalue weighted by molar-refractivity contribution is 5.98. The Morgan fingerprint density at radius 2 is 1.18 bits per heavy atom. The molecule has 0 radical (unpaired) electrons. The van der Waals surface area contributed by atoms with Crippen LogP contribution in [0.5, 0.6) is 11.5 Å². The summed E-state index contributed by atoms with van der Waals surface area (Å²) in [6.45, 7) is 10.2. The number of carbonyl (C=O) groups excluding carboxylic acids is 5. The predicted octanol–water partition coefficient (Wildman–Crippen LogP) is 3.88. The molecule has 0 saturated carbocycles. The minimum Gasteiger partial charge on any atom is -0.460 e. The molecule has 0 bridgehead atoms. The van der Waals surface area contributed by atoms with Crippen LogP contribution in [0.15, 0.2) is 60.7 Å². The molecule has 0 aromatic heterocycles. The van der Waals surface area contributed by atoms with Gasteiger partial charge in [0.15, 0.2) is 0 Å². The molecule has 0 saturated heterocycles. The topological polar surface area (TPSA) is 209 Å². The molecule has 1 aliphatic rings. The molecule has 13 nitrogen and oxygen atoms in total. The number of hydrogen-bond acceptors (Lipinski definition) is 11. The molecule has 260 valence electrons. The van der Waals surface area contributed by atoms with Crippen molar-refractivity contribution in [2.75, 3.05) is 10.6 Å². The van der Waals surface area contributed by atoms with Gasteiger partial charge in [-0.2, -0.15) is 0 Å². The molecule has 2 atom stereocenters. The normalized spacial score (nSPS) is 14.6. The number of esters is 2. The average molecular weight is 675 g/mol. The quantitative estimate of drug-likeness (QED) is 0.154. The number of nitrogens with two attached hydrogens (primary N) is 2. The summed E-state index contributed by atoms with van der Waals surface area (Å²) in [5, 5.41) is 17.8. The number of aldehydes is 1. The van der Waals surface area contributed by atoms with Crippen molar-refractivity contribution in [1.82, 2.24) is 0 Å². The fourth-order valence-electron chi connectivity index (χ4n) is 5.23. The Hall–Kier alpha value is -5.11. The maximum Gasteiger partial charge on any atom is 0.308 e. The smallest absolute Gasteiger partial charge is 0.308 e. The lowest BCUT2D eigenvalue weighted by atomic mass is 9.76. The summed E-state index contributed by atoms with van der Waals surface area (Å²) in [5.41, 5.74) is 10.1. The Morgan fingerprint density at radius 1 is 0.755 bits per heavy atom. The standard InChI is InChI=1S/C36H42N4O9/c1-34(2,3)48-30(42)17-26(37)32(44)39-21-11-13-24-28(15-21)47-29-16-22(40-33(45)27(38)18-31(43)49-35(4,5)6)12-14-25(29)36(24,46)23-10-8-7-9-20(23)19-41/h7-16,19,26-27,46H,17-18,37-38H2,1-6H3,(H,39,44)(H,40,45)/t26-,27-/m0/s1. The number of hydrogen-bond donors (Lipinski definition) is 5. The van der Waals surface area contributed by atoms with Gasteiger partial charge in [0.1, 0.15) is 34.6 Å². The number of anilines is 2. The van der Waals surface area contributed by atoms with Crippen molar-refractivity contribution in [2.24, 2.45) is 11.5 Å². The fourth-order valence-corrected chi connectivity index (χ4v) is 5.23. The van der Waals surface area contributed by atoms with Gasteiger partial charge in [-0.05, 0) is 65.8 Å². The van der Waals surface area contributed by atoms with Crippen molar-refractivity contribution < 1.29 is 43.3 Å². The van der Waals surface area contributed by atoms with E-state index in [0.29, 0.717) is 6.29 Å². The first-order chi connectivity index (χ1) is 22.8. The number of carbonyl (C=O) groups is 5. The first-order valence-corrected chi connectivity index (χ1v) is 15.6. The highest BCUT2D eigenvalue weighted by Gasteiger charge is 2.44. The van der Waals surface area contributed by atoms with E-state index >= 15 is 0 Å². The van der Waals surface area contributed by atoms with Gasteiger partial charge in [-0.25, -0.2) is 0 Å². The zero-order valence-electron chi connectivity index (χ0n) is 28.3. The zero-order chi connectivity index (χ0) is 36.3. The third-order valence-corrected chi connectivity index (χ3v) is 7.26. The molecule has 1 heterocycles. The highest BCUT2D eigenvalue weighted by atomic mass is 16.6. The van der Waals surface area contributed by atoms with E-state index in [9.17, 15) is 29.1 Å². The van der Waals surface area contributed by atoms with Crippen LogP contribution in [0.25, 0.3) is 0 Å². The largest absolute Gasteiger partial charge is 0.460 e. The van der Waals surface area contributed by atoms with Gasteiger partial charge in [0.25, 0.3) is 0 Å². The first-order valence-electron chi connectivity index (χ1n) is 15.6. The Balaban J connectivity index is 1.65. The second-order valence-electron chi connectivity index (χ2n) is 13.7. The lowest BCUT2D eigenvalue weighted by Gasteiger charge is -2.37. The molecular formula is C36H42N4O9. The van der Waals surface area contributed by atoms with Crippen LogP contribution in [0, 0.1) is 0 Å². The lowest BCUT2D eigenvalue weighted by Crippen LogP contribution is -2.39. The van der Waals surface area contributed by atoms with Crippen LogP contribution in [-0.4, -0.2) is 58.4 Å². The summed E-state index contributed by atoms with van der Waals surface area (Å²) >= 11 is 0. The van der Waals surface area contributed by atoms with E-state index in [4.69, 9.17) is 25.7 Å².